The summed E-state index contributed by atoms with van der Waals surface area (Å²) in [5.41, 5.74) is 0. The predicted octanol–water partition coefficient (Wildman–Crippen LogP) is 1.51. The Morgan fingerprint density at radius 1 is 1.11 bits per heavy atom. The fourth-order valence-electron chi connectivity index (χ4n) is 1.55. The summed E-state index contributed by atoms with van der Waals surface area (Å²) in [4.78, 5) is 0.0199. The Hall–Kier alpha value is -0.920. The molecule has 0 saturated heterocycles. The minimum Gasteiger partial charge on any atom is -0.224 e. The van der Waals surface area contributed by atoms with Gasteiger partial charge >= 0.3 is 0 Å². The van der Waals surface area contributed by atoms with Crippen LogP contribution in [0.25, 0.3) is 0 Å². The van der Waals surface area contributed by atoms with Crippen LogP contribution in [0.2, 0.25) is 0 Å². The quantitative estimate of drug-likeness (QED) is 0.798. The van der Waals surface area contributed by atoms with Gasteiger partial charge in [0.2, 0.25) is 10.0 Å². The second-order valence-corrected chi connectivity index (χ2v) is 8.49. The van der Waals surface area contributed by atoms with Gasteiger partial charge in [-0.3, -0.25) is 0 Å². The molecule has 1 aromatic rings. The van der Waals surface area contributed by atoms with E-state index in [1.165, 1.54) is 35.6 Å². The van der Waals surface area contributed by atoms with Gasteiger partial charge in [0.05, 0.1) is 9.79 Å². The Bertz CT molecular complexity index is 635. The monoisotopic (exact) mass is 305 g/mol. The number of hydrogen-bond donors (Lipinski definition) is 0. The molecule has 0 amide bonds. The molecule has 7 heteroatoms. The summed E-state index contributed by atoms with van der Waals surface area (Å²) in [5.74, 6) is 0. The smallest absolute Gasteiger partial charge is 0.224 e. The normalized spacial score (nSPS) is 12.8. The molecule has 0 N–H and O–H groups in total. The van der Waals surface area contributed by atoms with Crippen molar-refractivity contribution in [2.24, 2.45) is 0 Å². The van der Waals surface area contributed by atoms with Crippen molar-refractivity contribution in [3.05, 3.63) is 24.3 Å². The lowest BCUT2D eigenvalue weighted by Gasteiger charge is -2.17. The second-order valence-electron chi connectivity index (χ2n) is 4.43. The highest BCUT2D eigenvalue weighted by Crippen LogP contribution is 2.19. The van der Waals surface area contributed by atoms with Crippen molar-refractivity contribution in [1.29, 1.82) is 0 Å². The van der Waals surface area contributed by atoms with E-state index in [4.69, 9.17) is 0 Å². The SMILES string of the molecule is CCCCN(C)S(=O)(=O)c1cccc(S(C)(=O)=O)c1. The van der Waals surface area contributed by atoms with Crippen LogP contribution in [0.1, 0.15) is 19.8 Å². The van der Waals surface area contributed by atoms with Crippen LogP contribution >= 0.6 is 0 Å². The Balaban J connectivity index is 3.16. The summed E-state index contributed by atoms with van der Waals surface area (Å²) in [6.45, 7) is 2.40. The fourth-order valence-corrected chi connectivity index (χ4v) is 3.54. The summed E-state index contributed by atoms with van der Waals surface area (Å²) >= 11 is 0. The van der Waals surface area contributed by atoms with Gasteiger partial charge < -0.3 is 0 Å². The minimum atomic E-state index is -3.63. The molecule has 0 aliphatic rings. The molecule has 108 valence electrons. The number of nitrogens with zero attached hydrogens (tertiary/aromatic N) is 1. The molecule has 0 unspecified atom stereocenters. The molecule has 0 atom stereocenters. The molecular weight excluding hydrogens is 286 g/mol. The van der Waals surface area contributed by atoms with Crippen LogP contribution in [0, 0.1) is 0 Å². The van der Waals surface area contributed by atoms with E-state index in [1.54, 1.807) is 0 Å². The largest absolute Gasteiger partial charge is 0.242 e. The molecule has 1 aromatic carbocycles. The van der Waals surface area contributed by atoms with Crippen molar-refractivity contribution in [3.8, 4) is 0 Å². The van der Waals surface area contributed by atoms with Crippen molar-refractivity contribution in [2.75, 3.05) is 19.8 Å². The Labute approximate surface area is 115 Å². The van der Waals surface area contributed by atoms with Gasteiger partial charge in [-0.15, -0.1) is 0 Å². The zero-order chi connectivity index (χ0) is 14.7. The maximum absolute atomic E-state index is 12.2. The third-order valence-corrected chi connectivity index (χ3v) is 5.73. The predicted molar refractivity (Wildman–Crippen MR) is 74.3 cm³/mol. The van der Waals surface area contributed by atoms with E-state index in [-0.39, 0.29) is 9.79 Å². The molecule has 0 aliphatic carbocycles. The van der Waals surface area contributed by atoms with E-state index < -0.39 is 19.9 Å². The second kappa shape index (κ2) is 6.02. The van der Waals surface area contributed by atoms with Crippen LogP contribution in [0.3, 0.4) is 0 Å². The van der Waals surface area contributed by atoms with Gasteiger partial charge in [-0.1, -0.05) is 19.4 Å². The Morgan fingerprint density at radius 3 is 2.21 bits per heavy atom. The van der Waals surface area contributed by atoms with E-state index in [2.05, 4.69) is 0 Å². The van der Waals surface area contributed by atoms with Gasteiger partial charge in [0, 0.05) is 19.8 Å². The molecule has 0 aliphatic heterocycles. The van der Waals surface area contributed by atoms with E-state index in [0.29, 0.717) is 6.54 Å². The first kappa shape index (κ1) is 16.1. The highest BCUT2D eigenvalue weighted by molar-refractivity contribution is 7.91. The number of rotatable bonds is 6. The first-order chi connectivity index (χ1) is 8.69. The molecule has 5 nitrogen and oxygen atoms in total. The number of unbranched alkanes of at least 4 members (excludes halogenated alkanes) is 1. The van der Waals surface area contributed by atoms with Gasteiger partial charge in [-0.2, -0.15) is 0 Å². The fraction of sp³-hybridized carbons (Fsp3) is 0.500. The first-order valence-corrected chi connectivity index (χ1v) is 9.29. The molecule has 1 rings (SSSR count). The molecular formula is C12H19NO4S2. The third-order valence-electron chi connectivity index (χ3n) is 2.77. The van der Waals surface area contributed by atoms with Crippen LogP contribution in [-0.2, 0) is 19.9 Å². The summed E-state index contributed by atoms with van der Waals surface area (Å²) in [6.07, 6.45) is 2.71. The molecule has 0 spiro atoms. The summed E-state index contributed by atoms with van der Waals surface area (Å²) in [5, 5.41) is 0. The van der Waals surface area contributed by atoms with E-state index in [1.807, 2.05) is 6.92 Å². The highest BCUT2D eigenvalue weighted by atomic mass is 32.2. The summed E-state index contributed by atoms with van der Waals surface area (Å²) in [6, 6.07) is 5.44. The van der Waals surface area contributed by atoms with Crippen molar-refractivity contribution in [3.63, 3.8) is 0 Å². The zero-order valence-corrected chi connectivity index (χ0v) is 13.0. The van der Waals surface area contributed by atoms with Crippen molar-refractivity contribution >= 4 is 19.9 Å². The number of sulfone groups is 1. The highest BCUT2D eigenvalue weighted by Gasteiger charge is 2.21. The topological polar surface area (TPSA) is 71.5 Å². The van der Waals surface area contributed by atoms with Gasteiger partial charge in [0.15, 0.2) is 9.84 Å². The van der Waals surface area contributed by atoms with Crippen molar-refractivity contribution in [2.45, 2.75) is 29.6 Å². The first-order valence-electron chi connectivity index (χ1n) is 5.96. The molecule has 19 heavy (non-hydrogen) atoms. The van der Waals surface area contributed by atoms with E-state index in [0.717, 1.165) is 19.1 Å². The van der Waals surface area contributed by atoms with Crippen LogP contribution in [0.15, 0.2) is 34.1 Å². The lowest BCUT2D eigenvalue weighted by Crippen LogP contribution is -2.28. The molecule has 0 fully saturated rings. The van der Waals surface area contributed by atoms with Crippen LogP contribution < -0.4 is 0 Å². The molecule has 0 heterocycles. The van der Waals surface area contributed by atoms with Crippen LogP contribution in [0.4, 0.5) is 0 Å². The molecule has 0 radical (unpaired) electrons. The van der Waals surface area contributed by atoms with Crippen LogP contribution in [-0.4, -0.2) is 41.0 Å². The average Bonchev–Trinajstić information content (AvgIpc) is 2.35. The van der Waals surface area contributed by atoms with Crippen molar-refractivity contribution < 1.29 is 16.8 Å². The number of benzene rings is 1. The van der Waals surface area contributed by atoms with Gasteiger partial charge in [-0.25, -0.2) is 21.1 Å². The number of sulfonamides is 1. The van der Waals surface area contributed by atoms with Gasteiger partial charge in [-0.05, 0) is 24.6 Å². The Kier molecular flexibility index (Phi) is 5.11. The summed E-state index contributed by atoms with van der Waals surface area (Å²) in [7, 11) is -5.54. The lowest BCUT2D eigenvalue weighted by atomic mass is 10.3. The standard InChI is InChI=1S/C12H19NO4S2/c1-4-5-9-13(2)19(16,17)12-8-6-7-11(10-12)18(3,14)15/h6-8,10H,4-5,9H2,1-3H3. The number of hydrogen-bond acceptors (Lipinski definition) is 4. The van der Waals surface area contributed by atoms with E-state index in [9.17, 15) is 16.8 Å². The third kappa shape index (κ3) is 4.02. The maximum atomic E-state index is 12.2. The maximum Gasteiger partial charge on any atom is 0.242 e. The minimum absolute atomic E-state index is 0.00836. The molecule has 0 saturated carbocycles. The lowest BCUT2D eigenvalue weighted by molar-refractivity contribution is 0.459. The average molecular weight is 305 g/mol. The zero-order valence-electron chi connectivity index (χ0n) is 11.3. The van der Waals surface area contributed by atoms with E-state index >= 15 is 0 Å². The molecule has 0 bridgehead atoms. The Morgan fingerprint density at radius 2 is 1.68 bits per heavy atom. The summed E-state index contributed by atoms with van der Waals surface area (Å²) < 4.78 is 48.6. The van der Waals surface area contributed by atoms with Gasteiger partial charge in [0.1, 0.15) is 0 Å². The van der Waals surface area contributed by atoms with Crippen molar-refractivity contribution in [1.82, 2.24) is 4.31 Å². The van der Waals surface area contributed by atoms with Gasteiger partial charge in [0.25, 0.3) is 0 Å². The molecule has 0 aromatic heterocycles. The van der Waals surface area contributed by atoms with Crippen LogP contribution in [0.5, 0.6) is 0 Å².